The molecular weight excluding hydrogens is 194 g/mol. The van der Waals surface area contributed by atoms with Crippen molar-refractivity contribution in [1.29, 1.82) is 5.26 Å². The Labute approximate surface area is 86.2 Å². The maximum Gasteiger partial charge on any atom is 0.339 e. The molecule has 15 heavy (non-hydrogen) atoms. The number of rotatable bonds is 1. The van der Waals surface area contributed by atoms with Gasteiger partial charge >= 0.3 is 5.97 Å². The molecule has 5 nitrogen and oxygen atoms in total. The highest BCUT2D eigenvalue weighted by atomic mass is 16.4. The molecule has 1 rings (SSSR count). The minimum atomic E-state index is -1.15. The number of nitrogen functional groups attached to an aromatic ring is 1. The Kier molecular flexibility index (Phi) is 3.26. The summed E-state index contributed by atoms with van der Waals surface area (Å²) in [5, 5.41) is 17.0. The van der Waals surface area contributed by atoms with Crippen LogP contribution in [0.25, 0.3) is 0 Å². The Morgan fingerprint density at radius 3 is 3.00 bits per heavy atom. The number of nitrogens with zero attached hydrogens (tertiary/aromatic N) is 2. The molecule has 0 unspecified atom stereocenters. The molecule has 1 aromatic heterocycles. The number of hydrogen-bond acceptors (Lipinski definition) is 4. The van der Waals surface area contributed by atoms with E-state index < -0.39 is 5.97 Å². The fourth-order valence-corrected chi connectivity index (χ4v) is 0.901. The molecule has 0 saturated carbocycles. The highest BCUT2D eigenvalue weighted by Gasteiger charge is 2.08. The van der Waals surface area contributed by atoms with E-state index in [0.717, 1.165) is 0 Å². The quantitative estimate of drug-likeness (QED) is 0.649. The van der Waals surface area contributed by atoms with Gasteiger partial charge < -0.3 is 10.8 Å². The summed E-state index contributed by atoms with van der Waals surface area (Å²) in [6.07, 6.45) is 1.46. The van der Waals surface area contributed by atoms with Crippen LogP contribution in [0.5, 0.6) is 0 Å². The van der Waals surface area contributed by atoms with E-state index in [1.165, 1.54) is 12.3 Å². The van der Waals surface area contributed by atoms with E-state index in [-0.39, 0.29) is 17.8 Å². The third-order valence-corrected chi connectivity index (χ3v) is 1.55. The summed E-state index contributed by atoms with van der Waals surface area (Å²) in [7, 11) is 0. The van der Waals surface area contributed by atoms with Crippen molar-refractivity contribution < 1.29 is 9.90 Å². The maximum atomic E-state index is 10.7. The van der Waals surface area contributed by atoms with E-state index in [0.29, 0.717) is 5.56 Å². The smallest absolute Gasteiger partial charge is 0.339 e. The zero-order valence-corrected chi connectivity index (χ0v) is 7.69. The third-order valence-electron chi connectivity index (χ3n) is 1.55. The lowest BCUT2D eigenvalue weighted by molar-refractivity contribution is 0.0697. The summed E-state index contributed by atoms with van der Waals surface area (Å²) < 4.78 is 0. The first-order chi connectivity index (χ1) is 7.15. The molecule has 0 radical (unpaired) electrons. The van der Waals surface area contributed by atoms with Crippen molar-refractivity contribution in [2.75, 3.05) is 5.73 Å². The molecule has 0 aromatic carbocycles. The summed E-state index contributed by atoms with van der Waals surface area (Å²) in [5.74, 6) is 3.97. The van der Waals surface area contributed by atoms with Crippen LogP contribution in [0.2, 0.25) is 0 Å². The van der Waals surface area contributed by atoms with Crippen LogP contribution in [0.15, 0.2) is 12.3 Å². The third kappa shape index (κ3) is 2.71. The van der Waals surface area contributed by atoms with Crippen LogP contribution in [0, 0.1) is 23.2 Å². The second kappa shape index (κ2) is 4.64. The largest absolute Gasteiger partial charge is 0.478 e. The van der Waals surface area contributed by atoms with Crippen molar-refractivity contribution in [2.45, 2.75) is 6.42 Å². The van der Waals surface area contributed by atoms with Crippen molar-refractivity contribution in [3.05, 3.63) is 23.4 Å². The molecule has 1 heterocycles. The first-order valence-corrected chi connectivity index (χ1v) is 3.99. The lowest BCUT2D eigenvalue weighted by Gasteiger charge is -1.98. The molecule has 0 aliphatic rings. The number of carbonyl (C=O) groups is 1. The van der Waals surface area contributed by atoms with E-state index in [2.05, 4.69) is 16.8 Å². The van der Waals surface area contributed by atoms with Crippen LogP contribution in [-0.4, -0.2) is 16.1 Å². The molecule has 5 heteroatoms. The van der Waals surface area contributed by atoms with Crippen LogP contribution in [0.4, 0.5) is 5.82 Å². The molecular formula is C10H7N3O2. The number of aromatic nitrogens is 1. The molecule has 1 aromatic rings. The normalized spacial score (nSPS) is 8.47. The number of nitriles is 1. The van der Waals surface area contributed by atoms with Gasteiger partial charge in [0.05, 0.1) is 12.5 Å². The van der Waals surface area contributed by atoms with Crippen LogP contribution >= 0.6 is 0 Å². The topological polar surface area (TPSA) is 100 Å². The zero-order valence-electron chi connectivity index (χ0n) is 7.69. The van der Waals surface area contributed by atoms with Crippen molar-refractivity contribution in [1.82, 2.24) is 4.98 Å². The van der Waals surface area contributed by atoms with Crippen LogP contribution in [0.1, 0.15) is 22.3 Å². The number of anilines is 1. The molecule has 0 fully saturated rings. The van der Waals surface area contributed by atoms with Crippen molar-refractivity contribution in [3.63, 3.8) is 0 Å². The summed E-state index contributed by atoms with van der Waals surface area (Å²) in [6, 6.07) is 3.18. The second-order valence-electron chi connectivity index (χ2n) is 2.60. The molecule has 74 valence electrons. The molecule has 0 spiro atoms. The van der Waals surface area contributed by atoms with Gasteiger partial charge in [-0.15, -0.1) is 0 Å². The van der Waals surface area contributed by atoms with Gasteiger partial charge in [-0.2, -0.15) is 5.26 Å². The summed E-state index contributed by atoms with van der Waals surface area (Å²) in [5.41, 5.74) is 5.70. The SMILES string of the molecule is N#CCC#Cc1cnc(N)c(C(=O)O)c1. The Bertz CT molecular complexity index is 492. The lowest BCUT2D eigenvalue weighted by Crippen LogP contribution is -2.04. The highest BCUT2D eigenvalue weighted by molar-refractivity contribution is 5.92. The average molecular weight is 201 g/mol. The van der Waals surface area contributed by atoms with E-state index in [1.54, 1.807) is 0 Å². The van der Waals surface area contributed by atoms with Gasteiger partial charge in [-0.1, -0.05) is 11.8 Å². The van der Waals surface area contributed by atoms with Crippen molar-refractivity contribution >= 4 is 11.8 Å². The van der Waals surface area contributed by atoms with E-state index >= 15 is 0 Å². The molecule has 0 atom stereocenters. The van der Waals surface area contributed by atoms with Crippen LogP contribution in [0.3, 0.4) is 0 Å². The minimum absolute atomic E-state index is 0.0478. The number of pyridine rings is 1. The fourth-order valence-electron chi connectivity index (χ4n) is 0.901. The number of carboxylic acid groups (broad SMARTS) is 1. The standard InChI is InChI=1S/C10H7N3O2/c11-4-2-1-3-7-5-8(10(14)15)9(12)13-6-7/h5-6H,2H2,(H2,12,13)(H,14,15). The average Bonchev–Trinajstić information content (AvgIpc) is 2.20. The minimum Gasteiger partial charge on any atom is -0.478 e. The lowest BCUT2D eigenvalue weighted by atomic mass is 10.2. The van der Waals surface area contributed by atoms with Gasteiger partial charge in [0.2, 0.25) is 0 Å². The van der Waals surface area contributed by atoms with Gasteiger partial charge in [0, 0.05) is 11.8 Å². The van der Waals surface area contributed by atoms with Crippen molar-refractivity contribution in [2.24, 2.45) is 0 Å². The van der Waals surface area contributed by atoms with Gasteiger partial charge in [0.1, 0.15) is 11.4 Å². The molecule has 0 aliphatic heterocycles. The Hall–Kier alpha value is -2.53. The van der Waals surface area contributed by atoms with Gasteiger partial charge in [-0.25, -0.2) is 9.78 Å². The fraction of sp³-hybridized carbons (Fsp3) is 0.100. The first-order valence-electron chi connectivity index (χ1n) is 3.99. The predicted octanol–water partition coefficient (Wildman–Crippen LogP) is 0.627. The monoisotopic (exact) mass is 201 g/mol. The van der Waals surface area contributed by atoms with Crippen LogP contribution < -0.4 is 5.73 Å². The van der Waals surface area contributed by atoms with Crippen molar-refractivity contribution in [3.8, 4) is 17.9 Å². The Morgan fingerprint density at radius 1 is 1.67 bits per heavy atom. The highest BCUT2D eigenvalue weighted by Crippen LogP contribution is 2.09. The zero-order chi connectivity index (χ0) is 11.3. The van der Waals surface area contributed by atoms with E-state index in [1.807, 2.05) is 6.07 Å². The number of aromatic carboxylic acids is 1. The van der Waals surface area contributed by atoms with Gasteiger partial charge in [-0.05, 0) is 6.07 Å². The van der Waals surface area contributed by atoms with Gasteiger partial charge in [0.25, 0.3) is 0 Å². The predicted molar refractivity (Wildman–Crippen MR) is 52.7 cm³/mol. The molecule has 0 bridgehead atoms. The molecule has 0 amide bonds. The summed E-state index contributed by atoms with van der Waals surface area (Å²) in [4.78, 5) is 14.4. The molecule has 0 saturated heterocycles. The number of nitrogens with two attached hydrogens (primary N) is 1. The Balaban J connectivity index is 3.05. The van der Waals surface area contributed by atoms with E-state index in [9.17, 15) is 4.79 Å². The second-order valence-corrected chi connectivity index (χ2v) is 2.60. The molecule has 0 aliphatic carbocycles. The van der Waals surface area contributed by atoms with Gasteiger partial charge in [0.15, 0.2) is 0 Å². The maximum absolute atomic E-state index is 10.7. The number of hydrogen-bond donors (Lipinski definition) is 2. The van der Waals surface area contributed by atoms with Gasteiger partial charge in [-0.3, -0.25) is 0 Å². The number of carboxylic acids is 1. The summed E-state index contributed by atoms with van der Waals surface area (Å²) >= 11 is 0. The molecule has 3 N–H and O–H groups in total. The summed E-state index contributed by atoms with van der Waals surface area (Å²) in [6.45, 7) is 0. The van der Waals surface area contributed by atoms with Crippen LogP contribution in [-0.2, 0) is 0 Å². The Morgan fingerprint density at radius 2 is 2.40 bits per heavy atom. The van der Waals surface area contributed by atoms with E-state index in [4.69, 9.17) is 16.1 Å². The first kappa shape index (κ1) is 10.6.